The van der Waals surface area contributed by atoms with Crippen molar-refractivity contribution in [1.82, 2.24) is 4.90 Å². The summed E-state index contributed by atoms with van der Waals surface area (Å²) in [4.78, 5) is 6.37. The van der Waals surface area contributed by atoms with Crippen molar-refractivity contribution < 1.29 is 4.74 Å². The number of aryl methyl sites for hydroxylation is 1. The Morgan fingerprint density at radius 1 is 1.42 bits per heavy atom. The predicted octanol–water partition coefficient (Wildman–Crippen LogP) is 2.40. The van der Waals surface area contributed by atoms with Crippen LogP contribution < -0.4 is 10.5 Å². The first-order valence-electron chi connectivity index (χ1n) is 6.39. The highest BCUT2D eigenvalue weighted by atomic mass is 127. The minimum atomic E-state index is 0. The van der Waals surface area contributed by atoms with Crippen molar-refractivity contribution in [2.24, 2.45) is 10.7 Å². The van der Waals surface area contributed by atoms with Crippen molar-refractivity contribution in [3.05, 3.63) is 29.8 Å². The maximum absolute atomic E-state index is 5.89. The van der Waals surface area contributed by atoms with Gasteiger partial charge >= 0.3 is 0 Å². The van der Waals surface area contributed by atoms with Gasteiger partial charge in [-0.3, -0.25) is 0 Å². The van der Waals surface area contributed by atoms with E-state index in [9.17, 15) is 0 Å². The second kappa shape index (κ2) is 7.57. The molecular formula is C14H22IN3O. The molecule has 1 aromatic carbocycles. The van der Waals surface area contributed by atoms with Gasteiger partial charge in [-0.1, -0.05) is 18.2 Å². The van der Waals surface area contributed by atoms with Crippen LogP contribution in [0.3, 0.4) is 0 Å². The number of para-hydroxylation sites is 1. The highest BCUT2D eigenvalue weighted by Gasteiger charge is 2.27. The second-order valence-corrected chi connectivity index (χ2v) is 4.70. The van der Waals surface area contributed by atoms with Gasteiger partial charge in [0.25, 0.3) is 0 Å². The van der Waals surface area contributed by atoms with Gasteiger partial charge in [0, 0.05) is 13.1 Å². The van der Waals surface area contributed by atoms with Crippen LogP contribution in [0.5, 0.6) is 5.75 Å². The summed E-state index contributed by atoms with van der Waals surface area (Å²) >= 11 is 0. The highest BCUT2D eigenvalue weighted by Crippen LogP contribution is 2.24. The Morgan fingerprint density at radius 3 is 2.74 bits per heavy atom. The summed E-state index contributed by atoms with van der Waals surface area (Å²) in [6.45, 7) is 3.19. The van der Waals surface area contributed by atoms with Crippen LogP contribution in [0.2, 0.25) is 0 Å². The van der Waals surface area contributed by atoms with Crippen LogP contribution in [0.25, 0.3) is 0 Å². The number of guanidine groups is 1. The third-order valence-corrected chi connectivity index (χ3v) is 3.17. The minimum absolute atomic E-state index is 0. The molecule has 0 atom stereocenters. The van der Waals surface area contributed by atoms with Crippen LogP contribution in [0.15, 0.2) is 29.3 Å². The number of hydrogen-bond donors (Lipinski definition) is 1. The zero-order valence-electron chi connectivity index (χ0n) is 11.5. The Kier molecular flexibility index (Phi) is 6.41. The highest BCUT2D eigenvalue weighted by molar-refractivity contribution is 14.0. The van der Waals surface area contributed by atoms with E-state index in [2.05, 4.69) is 4.99 Å². The standard InChI is InChI=1S/C14H21N3O.HI/c1-11-5-3-4-6-13(11)18-10-9-16-14(15)17(2)12-7-8-12;/h3-6,12H,7-10H2,1-2H3,(H2,15,16);1H. The fraction of sp³-hybridized carbons (Fsp3) is 0.500. The molecule has 1 fully saturated rings. The molecule has 2 rings (SSSR count). The monoisotopic (exact) mass is 375 g/mol. The van der Waals surface area contributed by atoms with Crippen molar-refractivity contribution in [2.75, 3.05) is 20.2 Å². The molecule has 0 unspecified atom stereocenters. The van der Waals surface area contributed by atoms with Gasteiger partial charge in [0.1, 0.15) is 12.4 Å². The Labute approximate surface area is 132 Å². The fourth-order valence-electron chi connectivity index (χ4n) is 1.79. The normalized spacial score (nSPS) is 14.7. The fourth-order valence-corrected chi connectivity index (χ4v) is 1.79. The first kappa shape index (κ1) is 16.1. The average molecular weight is 375 g/mol. The number of halogens is 1. The molecule has 0 saturated heterocycles. The van der Waals surface area contributed by atoms with Crippen molar-refractivity contribution in [3.63, 3.8) is 0 Å². The summed E-state index contributed by atoms with van der Waals surface area (Å²) in [5, 5.41) is 0. The Balaban J connectivity index is 0.00000180. The van der Waals surface area contributed by atoms with Gasteiger partial charge in [0.15, 0.2) is 5.96 Å². The van der Waals surface area contributed by atoms with Crippen molar-refractivity contribution >= 4 is 29.9 Å². The molecule has 0 heterocycles. The van der Waals surface area contributed by atoms with E-state index < -0.39 is 0 Å². The summed E-state index contributed by atoms with van der Waals surface area (Å²) < 4.78 is 5.66. The summed E-state index contributed by atoms with van der Waals surface area (Å²) in [6, 6.07) is 8.59. The molecule has 19 heavy (non-hydrogen) atoms. The van der Waals surface area contributed by atoms with E-state index in [4.69, 9.17) is 10.5 Å². The van der Waals surface area contributed by atoms with Gasteiger partial charge in [-0.2, -0.15) is 0 Å². The molecule has 5 heteroatoms. The molecule has 1 aliphatic rings. The van der Waals surface area contributed by atoms with E-state index in [0.29, 0.717) is 25.2 Å². The summed E-state index contributed by atoms with van der Waals surface area (Å²) in [6.07, 6.45) is 2.46. The van der Waals surface area contributed by atoms with Crippen LogP contribution in [-0.2, 0) is 0 Å². The van der Waals surface area contributed by atoms with E-state index in [-0.39, 0.29) is 24.0 Å². The Bertz CT molecular complexity index is 432. The molecule has 2 N–H and O–H groups in total. The lowest BCUT2D eigenvalue weighted by Gasteiger charge is -2.16. The predicted molar refractivity (Wildman–Crippen MR) is 89.4 cm³/mol. The lowest BCUT2D eigenvalue weighted by atomic mass is 10.2. The van der Waals surface area contributed by atoms with Gasteiger partial charge in [0.2, 0.25) is 0 Å². The average Bonchev–Trinajstić information content (AvgIpc) is 3.19. The maximum atomic E-state index is 5.89. The van der Waals surface area contributed by atoms with Crippen LogP contribution in [0, 0.1) is 6.92 Å². The van der Waals surface area contributed by atoms with Gasteiger partial charge in [-0.25, -0.2) is 4.99 Å². The number of nitrogens with zero attached hydrogens (tertiary/aromatic N) is 2. The Morgan fingerprint density at radius 2 is 2.11 bits per heavy atom. The molecule has 0 bridgehead atoms. The van der Waals surface area contributed by atoms with Gasteiger partial charge in [-0.05, 0) is 31.4 Å². The SMILES string of the molecule is Cc1ccccc1OCCN=C(N)N(C)C1CC1.I. The zero-order valence-corrected chi connectivity index (χ0v) is 13.8. The minimum Gasteiger partial charge on any atom is -0.491 e. The number of ether oxygens (including phenoxy) is 1. The van der Waals surface area contributed by atoms with E-state index in [0.717, 1.165) is 11.3 Å². The second-order valence-electron chi connectivity index (χ2n) is 4.70. The van der Waals surface area contributed by atoms with Gasteiger partial charge in [-0.15, -0.1) is 24.0 Å². The molecule has 106 valence electrons. The van der Waals surface area contributed by atoms with E-state index in [1.54, 1.807) is 0 Å². The Hall–Kier alpha value is -0.980. The molecule has 0 radical (unpaired) electrons. The summed E-state index contributed by atoms with van der Waals surface area (Å²) in [7, 11) is 2.00. The van der Waals surface area contributed by atoms with Crippen molar-refractivity contribution in [2.45, 2.75) is 25.8 Å². The number of benzene rings is 1. The lowest BCUT2D eigenvalue weighted by molar-refractivity contribution is 0.325. The molecule has 0 spiro atoms. The van der Waals surface area contributed by atoms with E-state index in [1.807, 2.05) is 43.1 Å². The molecule has 0 aliphatic heterocycles. The largest absolute Gasteiger partial charge is 0.491 e. The first-order chi connectivity index (χ1) is 8.68. The van der Waals surface area contributed by atoms with Crippen LogP contribution >= 0.6 is 24.0 Å². The van der Waals surface area contributed by atoms with Crippen LogP contribution in [0.4, 0.5) is 0 Å². The molecule has 1 aromatic rings. The van der Waals surface area contributed by atoms with Gasteiger partial charge < -0.3 is 15.4 Å². The number of rotatable bonds is 5. The molecule has 0 amide bonds. The first-order valence-corrected chi connectivity index (χ1v) is 6.39. The number of aliphatic imine (C=N–C) groups is 1. The lowest BCUT2D eigenvalue weighted by Crippen LogP contribution is -2.36. The van der Waals surface area contributed by atoms with E-state index in [1.165, 1.54) is 12.8 Å². The van der Waals surface area contributed by atoms with Crippen LogP contribution in [0.1, 0.15) is 18.4 Å². The molecule has 4 nitrogen and oxygen atoms in total. The topological polar surface area (TPSA) is 50.9 Å². The molecule has 0 aromatic heterocycles. The number of hydrogen-bond acceptors (Lipinski definition) is 2. The van der Waals surface area contributed by atoms with Crippen molar-refractivity contribution in [3.8, 4) is 5.75 Å². The van der Waals surface area contributed by atoms with Crippen LogP contribution in [-0.4, -0.2) is 37.1 Å². The quantitative estimate of drug-likeness (QED) is 0.372. The van der Waals surface area contributed by atoms with E-state index >= 15 is 0 Å². The zero-order chi connectivity index (χ0) is 13.0. The maximum Gasteiger partial charge on any atom is 0.191 e. The summed E-state index contributed by atoms with van der Waals surface area (Å²) in [5.41, 5.74) is 7.03. The van der Waals surface area contributed by atoms with Crippen molar-refractivity contribution in [1.29, 1.82) is 0 Å². The summed E-state index contributed by atoms with van der Waals surface area (Å²) in [5.74, 6) is 1.53. The molecule has 1 saturated carbocycles. The van der Waals surface area contributed by atoms with Gasteiger partial charge in [0.05, 0.1) is 6.54 Å². The molecule has 1 aliphatic carbocycles. The third kappa shape index (κ3) is 4.89. The molecular weight excluding hydrogens is 353 g/mol. The number of nitrogens with two attached hydrogens (primary N) is 1. The smallest absolute Gasteiger partial charge is 0.191 e. The third-order valence-electron chi connectivity index (χ3n) is 3.17.